The lowest BCUT2D eigenvalue weighted by Gasteiger charge is -2.20. The van der Waals surface area contributed by atoms with E-state index in [0.717, 1.165) is 11.3 Å². The summed E-state index contributed by atoms with van der Waals surface area (Å²) in [5.74, 6) is -0.954. The molecule has 0 aromatic heterocycles. The zero-order chi connectivity index (χ0) is 13.1. The van der Waals surface area contributed by atoms with E-state index in [1.54, 1.807) is 7.05 Å². The van der Waals surface area contributed by atoms with Gasteiger partial charge in [-0.15, -0.1) is 0 Å². The van der Waals surface area contributed by atoms with Crippen LogP contribution in [-0.4, -0.2) is 41.5 Å². The molecule has 0 fully saturated rings. The molecule has 18 heavy (non-hydrogen) atoms. The van der Waals surface area contributed by atoms with Gasteiger partial charge in [-0.3, -0.25) is 9.59 Å². The van der Waals surface area contributed by atoms with Gasteiger partial charge in [0.25, 0.3) is 0 Å². The second-order valence-electron chi connectivity index (χ2n) is 4.46. The number of fused-ring (bicyclic) bond motifs is 1. The van der Waals surface area contributed by atoms with Crippen LogP contribution in [0.4, 0.5) is 5.69 Å². The number of nitrogens with zero attached hydrogens (tertiary/aromatic N) is 1. The van der Waals surface area contributed by atoms with Crippen LogP contribution in [0.5, 0.6) is 0 Å². The Kier molecular flexibility index (Phi) is 3.50. The van der Waals surface area contributed by atoms with Crippen LogP contribution in [0.15, 0.2) is 24.3 Å². The fourth-order valence-electron chi connectivity index (χ4n) is 2.09. The molecule has 1 amide bonds. The van der Waals surface area contributed by atoms with Crippen molar-refractivity contribution < 1.29 is 14.7 Å². The number of carbonyl (C=O) groups excluding carboxylic acids is 1. The highest BCUT2D eigenvalue weighted by atomic mass is 16.4. The molecule has 5 heteroatoms. The summed E-state index contributed by atoms with van der Waals surface area (Å²) < 4.78 is 0. The molecule has 1 aromatic carbocycles. The first-order valence-corrected chi connectivity index (χ1v) is 5.89. The zero-order valence-corrected chi connectivity index (χ0v) is 10.2. The number of aliphatic carboxylic acids is 1. The minimum absolute atomic E-state index is 0.0259. The van der Waals surface area contributed by atoms with Crippen molar-refractivity contribution in [1.82, 2.24) is 4.90 Å². The van der Waals surface area contributed by atoms with Crippen molar-refractivity contribution in [2.45, 2.75) is 18.9 Å². The third kappa shape index (κ3) is 2.61. The van der Waals surface area contributed by atoms with Crippen LogP contribution in [-0.2, 0) is 16.0 Å². The molecule has 0 unspecified atom stereocenters. The lowest BCUT2D eigenvalue weighted by atomic mass is 10.1. The van der Waals surface area contributed by atoms with E-state index in [4.69, 9.17) is 5.11 Å². The molecule has 0 radical (unpaired) electrons. The lowest BCUT2D eigenvalue weighted by Crippen LogP contribution is -2.40. The van der Waals surface area contributed by atoms with Crippen LogP contribution in [0.3, 0.4) is 0 Å². The molecule has 1 aromatic rings. The average molecular weight is 248 g/mol. The monoisotopic (exact) mass is 248 g/mol. The Morgan fingerprint density at radius 2 is 2.17 bits per heavy atom. The van der Waals surface area contributed by atoms with E-state index in [9.17, 15) is 9.59 Å². The first-order chi connectivity index (χ1) is 8.58. The van der Waals surface area contributed by atoms with E-state index < -0.39 is 5.97 Å². The summed E-state index contributed by atoms with van der Waals surface area (Å²) in [5, 5.41) is 11.8. The van der Waals surface area contributed by atoms with Gasteiger partial charge in [-0.2, -0.15) is 0 Å². The average Bonchev–Trinajstić information content (AvgIpc) is 2.78. The molecule has 0 aliphatic carbocycles. The molecule has 1 heterocycles. The van der Waals surface area contributed by atoms with Crippen molar-refractivity contribution in [3.63, 3.8) is 0 Å². The summed E-state index contributed by atoms with van der Waals surface area (Å²) in [7, 11) is 1.63. The molecular formula is C13H16N2O3. The summed E-state index contributed by atoms with van der Waals surface area (Å²) in [6.45, 7) is 0.239. The predicted octanol–water partition coefficient (Wildman–Crippen LogP) is 0.956. The summed E-state index contributed by atoms with van der Waals surface area (Å²) in [5.41, 5.74) is 2.12. The van der Waals surface area contributed by atoms with Crippen molar-refractivity contribution >= 4 is 17.6 Å². The van der Waals surface area contributed by atoms with Gasteiger partial charge in [0.15, 0.2) is 0 Å². The Balaban J connectivity index is 1.94. The number of likely N-dealkylation sites (N-methyl/N-ethyl adjacent to an activating group) is 1. The summed E-state index contributed by atoms with van der Waals surface area (Å²) in [4.78, 5) is 24.0. The number of amides is 1. The summed E-state index contributed by atoms with van der Waals surface area (Å²) >= 11 is 0. The Labute approximate surface area is 105 Å². The van der Waals surface area contributed by atoms with Crippen LogP contribution in [0.1, 0.15) is 12.0 Å². The molecule has 2 N–H and O–H groups in total. The third-order valence-electron chi connectivity index (χ3n) is 3.11. The molecule has 1 aliphatic heterocycles. The number of carbonyl (C=O) groups is 2. The second kappa shape index (κ2) is 5.08. The Morgan fingerprint density at radius 1 is 1.44 bits per heavy atom. The molecular weight excluding hydrogens is 232 g/mol. The largest absolute Gasteiger partial charge is 0.481 e. The molecule has 5 nitrogen and oxygen atoms in total. The summed E-state index contributed by atoms with van der Waals surface area (Å²) in [6, 6.07) is 7.53. The smallest absolute Gasteiger partial charge is 0.305 e. The number of nitrogens with one attached hydrogen (secondary N) is 1. The first kappa shape index (κ1) is 12.4. The van der Waals surface area contributed by atoms with Gasteiger partial charge in [0.2, 0.25) is 5.91 Å². The first-order valence-electron chi connectivity index (χ1n) is 5.89. The maximum Gasteiger partial charge on any atom is 0.305 e. The minimum atomic E-state index is -0.891. The van der Waals surface area contributed by atoms with E-state index in [1.165, 1.54) is 4.90 Å². The topological polar surface area (TPSA) is 69.6 Å². The second-order valence-corrected chi connectivity index (χ2v) is 4.46. The van der Waals surface area contributed by atoms with Gasteiger partial charge >= 0.3 is 5.97 Å². The van der Waals surface area contributed by atoms with E-state index in [0.29, 0.717) is 6.42 Å². The number of rotatable bonds is 4. The highest BCUT2D eigenvalue weighted by Gasteiger charge is 2.28. The minimum Gasteiger partial charge on any atom is -0.481 e. The lowest BCUT2D eigenvalue weighted by molar-refractivity contribution is -0.138. The Bertz CT molecular complexity index is 448. The van der Waals surface area contributed by atoms with Crippen LogP contribution in [0.25, 0.3) is 0 Å². The van der Waals surface area contributed by atoms with Crippen LogP contribution in [0.2, 0.25) is 0 Å². The van der Waals surface area contributed by atoms with Gasteiger partial charge in [-0.1, -0.05) is 18.2 Å². The van der Waals surface area contributed by atoms with Gasteiger partial charge in [0, 0.05) is 25.7 Å². The number of hydrogen-bond acceptors (Lipinski definition) is 3. The number of carboxylic acid groups (broad SMARTS) is 1. The number of benzene rings is 1. The van der Waals surface area contributed by atoms with Crippen LogP contribution >= 0.6 is 0 Å². The number of anilines is 1. The van der Waals surface area contributed by atoms with Gasteiger partial charge in [-0.05, 0) is 11.6 Å². The molecule has 1 atom stereocenters. The van der Waals surface area contributed by atoms with Gasteiger partial charge in [0.05, 0.1) is 6.42 Å². The molecule has 2 rings (SSSR count). The highest BCUT2D eigenvalue weighted by molar-refractivity contribution is 5.87. The van der Waals surface area contributed by atoms with E-state index in [2.05, 4.69) is 5.32 Å². The maximum atomic E-state index is 12.1. The van der Waals surface area contributed by atoms with Crippen LogP contribution < -0.4 is 5.32 Å². The SMILES string of the molecule is CN(CCC(=O)O)C(=O)[C@@H]1Cc2ccccc2N1. The van der Waals surface area contributed by atoms with E-state index in [1.807, 2.05) is 24.3 Å². The van der Waals surface area contributed by atoms with Gasteiger partial charge in [0.1, 0.15) is 6.04 Å². The predicted molar refractivity (Wildman–Crippen MR) is 67.4 cm³/mol. The van der Waals surface area contributed by atoms with Crippen molar-refractivity contribution in [3.8, 4) is 0 Å². The maximum absolute atomic E-state index is 12.1. The Morgan fingerprint density at radius 3 is 2.83 bits per heavy atom. The van der Waals surface area contributed by atoms with Crippen molar-refractivity contribution in [3.05, 3.63) is 29.8 Å². The third-order valence-corrected chi connectivity index (χ3v) is 3.11. The standard InChI is InChI=1S/C13H16N2O3/c1-15(7-6-12(16)17)13(18)11-8-9-4-2-3-5-10(9)14-11/h2-5,11,14H,6-8H2,1H3,(H,16,17)/t11-/m0/s1. The van der Waals surface area contributed by atoms with E-state index >= 15 is 0 Å². The fraction of sp³-hybridized carbons (Fsp3) is 0.385. The van der Waals surface area contributed by atoms with E-state index in [-0.39, 0.29) is 24.9 Å². The van der Waals surface area contributed by atoms with Crippen molar-refractivity contribution in [2.75, 3.05) is 18.9 Å². The highest BCUT2D eigenvalue weighted by Crippen LogP contribution is 2.25. The summed E-state index contributed by atoms with van der Waals surface area (Å²) in [6.07, 6.45) is 0.633. The zero-order valence-electron chi connectivity index (χ0n) is 10.2. The van der Waals surface area contributed by atoms with Gasteiger partial charge in [-0.25, -0.2) is 0 Å². The van der Waals surface area contributed by atoms with Crippen molar-refractivity contribution in [2.24, 2.45) is 0 Å². The number of hydrogen-bond donors (Lipinski definition) is 2. The normalized spacial score (nSPS) is 16.8. The number of carboxylic acids is 1. The molecule has 0 saturated carbocycles. The molecule has 1 aliphatic rings. The molecule has 96 valence electrons. The van der Waals surface area contributed by atoms with Crippen molar-refractivity contribution in [1.29, 1.82) is 0 Å². The molecule has 0 saturated heterocycles. The van der Waals surface area contributed by atoms with Crippen LogP contribution in [0, 0.1) is 0 Å². The quantitative estimate of drug-likeness (QED) is 0.832. The molecule has 0 bridgehead atoms. The Hall–Kier alpha value is -2.04. The fourth-order valence-corrected chi connectivity index (χ4v) is 2.09. The number of para-hydroxylation sites is 1. The van der Waals surface area contributed by atoms with Gasteiger partial charge < -0.3 is 15.3 Å². The molecule has 0 spiro atoms.